The molecule has 1 heterocycles. The summed E-state index contributed by atoms with van der Waals surface area (Å²) in [6.45, 7) is 0.347. The van der Waals surface area contributed by atoms with Crippen LogP contribution in [-0.4, -0.2) is 28.5 Å². The molecule has 20 heavy (non-hydrogen) atoms. The molecule has 0 spiro atoms. The number of nitrogens with zero attached hydrogens (tertiary/aromatic N) is 2. The van der Waals surface area contributed by atoms with Crippen molar-refractivity contribution in [3.05, 3.63) is 18.0 Å². The summed E-state index contributed by atoms with van der Waals surface area (Å²) in [6, 6.07) is 1.14. The maximum absolute atomic E-state index is 12.4. The number of halogens is 3. The molecule has 0 saturated heterocycles. The molecule has 1 aliphatic carbocycles. The maximum Gasteiger partial charge on any atom is 0.433 e. The molecule has 0 bridgehead atoms. The second-order valence-corrected chi connectivity index (χ2v) is 4.64. The predicted octanol–water partition coefficient (Wildman–Crippen LogP) is 1.97. The van der Waals surface area contributed by atoms with E-state index in [-0.39, 0.29) is 11.9 Å². The number of carbonyl (C=O) groups is 1. The summed E-state index contributed by atoms with van der Waals surface area (Å²) in [6.07, 6.45) is -0.522. The van der Waals surface area contributed by atoms with Gasteiger partial charge in [-0.2, -0.15) is 13.2 Å². The van der Waals surface area contributed by atoms with Crippen molar-refractivity contribution in [2.75, 3.05) is 11.9 Å². The summed E-state index contributed by atoms with van der Waals surface area (Å²) in [5.74, 6) is -0.110. The molecule has 0 atom stereocenters. The highest BCUT2D eigenvalue weighted by Gasteiger charge is 2.32. The van der Waals surface area contributed by atoms with Crippen LogP contribution in [0.5, 0.6) is 0 Å². The van der Waals surface area contributed by atoms with E-state index in [4.69, 9.17) is 0 Å². The third-order valence-corrected chi connectivity index (χ3v) is 2.75. The molecule has 1 fully saturated rings. The van der Waals surface area contributed by atoms with Crippen LogP contribution in [0.3, 0.4) is 0 Å². The molecule has 1 aromatic rings. The summed E-state index contributed by atoms with van der Waals surface area (Å²) < 4.78 is 37.3. The zero-order valence-electron chi connectivity index (χ0n) is 10.7. The van der Waals surface area contributed by atoms with E-state index < -0.39 is 11.9 Å². The van der Waals surface area contributed by atoms with Crippen LogP contribution in [0.4, 0.5) is 19.1 Å². The molecule has 0 radical (unpaired) electrons. The summed E-state index contributed by atoms with van der Waals surface area (Å²) in [5, 5.41) is 5.51. The Morgan fingerprint density at radius 2 is 2.15 bits per heavy atom. The molecule has 2 rings (SSSR count). The topological polar surface area (TPSA) is 66.9 Å². The molecule has 110 valence electrons. The largest absolute Gasteiger partial charge is 0.433 e. The SMILES string of the molecule is O=C(CCCNc1nccc(C(F)(F)F)n1)NC1CC1. The van der Waals surface area contributed by atoms with Gasteiger partial charge in [0.2, 0.25) is 11.9 Å². The molecule has 0 aromatic carbocycles. The first-order chi connectivity index (χ1) is 9.45. The number of nitrogens with one attached hydrogen (secondary N) is 2. The van der Waals surface area contributed by atoms with Crippen LogP contribution in [0.2, 0.25) is 0 Å². The minimum atomic E-state index is -4.48. The van der Waals surface area contributed by atoms with Crippen LogP contribution in [0, 0.1) is 0 Å². The molecule has 0 aliphatic heterocycles. The average molecular weight is 288 g/mol. The molecular formula is C12H15F3N4O. The Kier molecular flexibility index (Phi) is 4.41. The first kappa shape index (κ1) is 14.5. The second-order valence-electron chi connectivity index (χ2n) is 4.64. The van der Waals surface area contributed by atoms with Gasteiger partial charge in [-0.1, -0.05) is 0 Å². The monoisotopic (exact) mass is 288 g/mol. The van der Waals surface area contributed by atoms with Crippen molar-refractivity contribution in [1.82, 2.24) is 15.3 Å². The van der Waals surface area contributed by atoms with Gasteiger partial charge in [0.15, 0.2) is 0 Å². The lowest BCUT2D eigenvalue weighted by Gasteiger charge is -2.08. The Hall–Kier alpha value is -1.86. The van der Waals surface area contributed by atoms with Gasteiger partial charge in [0.05, 0.1) is 0 Å². The van der Waals surface area contributed by atoms with Gasteiger partial charge in [-0.05, 0) is 25.3 Å². The summed E-state index contributed by atoms with van der Waals surface area (Å²) >= 11 is 0. The molecule has 1 aromatic heterocycles. The summed E-state index contributed by atoms with van der Waals surface area (Å²) in [7, 11) is 0. The minimum absolute atomic E-state index is 0.0285. The van der Waals surface area contributed by atoms with Crippen LogP contribution >= 0.6 is 0 Å². The van der Waals surface area contributed by atoms with Gasteiger partial charge in [0.1, 0.15) is 5.69 Å². The molecule has 1 aliphatic rings. The van der Waals surface area contributed by atoms with Crippen molar-refractivity contribution in [3.8, 4) is 0 Å². The molecule has 8 heteroatoms. The van der Waals surface area contributed by atoms with Crippen molar-refractivity contribution in [3.63, 3.8) is 0 Å². The van der Waals surface area contributed by atoms with E-state index in [1.807, 2.05) is 0 Å². The van der Waals surface area contributed by atoms with Gasteiger partial charge in [-0.3, -0.25) is 4.79 Å². The first-order valence-electron chi connectivity index (χ1n) is 6.38. The van der Waals surface area contributed by atoms with Crippen LogP contribution < -0.4 is 10.6 Å². The number of hydrogen-bond donors (Lipinski definition) is 2. The molecule has 2 N–H and O–H groups in total. The number of amides is 1. The highest BCUT2D eigenvalue weighted by molar-refractivity contribution is 5.76. The zero-order chi connectivity index (χ0) is 14.6. The van der Waals surface area contributed by atoms with Crippen molar-refractivity contribution < 1.29 is 18.0 Å². The zero-order valence-corrected chi connectivity index (χ0v) is 10.7. The highest BCUT2D eigenvalue weighted by atomic mass is 19.4. The number of anilines is 1. The number of alkyl halides is 3. The Bertz CT molecular complexity index is 474. The van der Waals surface area contributed by atoms with Gasteiger partial charge in [-0.15, -0.1) is 0 Å². The van der Waals surface area contributed by atoms with Gasteiger partial charge in [-0.25, -0.2) is 9.97 Å². The van der Waals surface area contributed by atoms with Crippen molar-refractivity contribution in [1.29, 1.82) is 0 Å². The minimum Gasteiger partial charge on any atom is -0.354 e. The van der Waals surface area contributed by atoms with Crippen LogP contribution in [0.15, 0.2) is 12.3 Å². The first-order valence-corrected chi connectivity index (χ1v) is 6.38. The summed E-state index contributed by atoms with van der Waals surface area (Å²) in [5.41, 5.74) is -0.985. The smallest absolute Gasteiger partial charge is 0.354 e. The fourth-order valence-electron chi connectivity index (χ4n) is 1.58. The normalized spacial score (nSPS) is 14.9. The lowest BCUT2D eigenvalue weighted by atomic mass is 10.3. The maximum atomic E-state index is 12.4. The van der Waals surface area contributed by atoms with E-state index in [0.29, 0.717) is 25.4 Å². The average Bonchev–Trinajstić information content (AvgIpc) is 3.18. The second kappa shape index (κ2) is 6.06. The van der Waals surface area contributed by atoms with Gasteiger partial charge >= 0.3 is 6.18 Å². The molecular weight excluding hydrogens is 273 g/mol. The number of hydrogen-bond acceptors (Lipinski definition) is 4. The lowest BCUT2D eigenvalue weighted by molar-refractivity contribution is -0.141. The lowest BCUT2D eigenvalue weighted by Crippen LogP contribution is -2.25. The molecule has 5 nitrogen and oxygen atoms in total. The number of aromatic nitrogens is 2. The van der Waals surface area contributed by atoms with Crippen LogP contribution in [-0.2, 0) is 11.0 Å². The quantitative estimate of drug-likeness (QED) is 0.785. The Morgan fingerprint density at radius 1 is 1.40 bits per heavy atom. The Labute approximate surface area is 114 Å². The van der Waals surface area contributed by atoms with Crippen molar-refractivity contribution in [2.45, 2.75) is 37.9 Å². The van der Waals surface area contributed by atoms with Crippen LogP contribution in [0.25, 0.3) is 0 Å². The molecule has 0 unspecified atom stereocenters. The molecule has 1 amide bonds. The number of carbonyl (C=O) groups excluding carboxylic acids is 1. The van der Waals surface area contributed by atoms with Crippen molar-refractivity contribution in [2.24, 2.45) is 0 Å². The molecule has 1 saturated carbocycles. The van der Waals surface area contributed by atoms with E-state index in [1.54, 1.807) is 0 Å². The summed E-state index contributed by atoms with van der Waals surface area (Å²) in [4.78, 5) is 18.4. The third kappa shape index (κ3) is 4.67. The highest BCUT2D eigenvalue weighted by Crippen LogP contribution is 2.27. The number of rotatable bonds is 6. The van der Waals surface area contributed by atoms with E-state index in [2.05, 4.69) is 20.6 Å². The Balaban J connectivity index is 1.72. The van der Waals surface area contributed by atoms with Gasteiger partial charge in [0.25, 0.3) is 0 Å². The van der Waals surface area contributed by atoms with E-state index in [1.165, 1.54) is 0 Å². The third-order valence-electron chi connectivity index (χ3n) is 2.75. The standard InChI is InChI=1S/C12H15F3N4O/c13-12(14,15)9-5-7-17-11(19-9)16-6-1-2-10(20)18-8-3-4-8/h5,7-8H,1-4,6H2,(H,18,20)(H,16,17,19). The van der Waals surface area contributed by atoms with Crippen LogP contribution in [0.1, 0.15) is 31.4 Å². The fraction of sp³-hybridized carbons (Fsp3) is 0.583. The van der Waals surface area contributed by atoms with Gasteiger partial charge in [0, 0.05) is 25.2 Å². The van der Waals surface area contributed by atoms with Crippen molar-refractivity contribution >= 4 is 11.9 Å². The fourth-order valence-corrected chi connectivity index (χ4v) is 1.58. The van der Waals surface area contributed by atoms with E-state index in [0.717, 1.165) is 25.1 Å². The van der Waals surface area contributed by atoms with E-state index in [9.17, 15) is 18.0 Å². The Morgan fingerprint density at radius 3 is 2.80 bits per heavy atom. The van der Waals surface area contributed by atoms with Gasteiger partial charge < -0.3 is 10.6 Å². The van der Waals surface area contributed by atoms with E-state index >= 15 is 0 Å². The predicted molar refractivity (Wildman–Crippen MR) is 65.9 cm³/mol.